The van der Waals surface area contributed by atoms with Gasteiger partial charge >= 0.3 is 0 Å². The van der Waals surface area contributed by atoms with Crippen LogP contribution in [-0.2, 0) is 17.1 Å². The number of hydrogen-bond acceptors (Lipinski definition) is 5. The fraction of sp³-hybridized carbons (Fsp3) is 0.625. The summed E-state index contributed by atoms with van der Waals surface area (Å²) in [5, 5.41) is 12.7. The zero-order chi connectivity index (χ0) is 12.6. The molecule has 1 heterocycles. The van der Waals surface area contributed by atoms with Crippen LogP contribution in [0.5, 0.6) is 0 Å². The molecule has 0 amide bonds. The van der Waals surface area contributed by atoms with Gasteiger partial charge in [0.2, 0.25) is 10.0 Å². The van der Waals surface area contributed by atoms with E-state index < -0.39 is 15.6 Å². The first kappa shape index (κ1) is 12.9. The van der Waals surface area contributed by atoms with Gasteiger partial charge in [0, 0.05) is 13.2 Å². The van der Waals surface area contributed by atoms with Gasteiger partial charge in [-0.1, -0.05) is 0 Å². The molecular weight excluding hydrogens is 232 g/mol. The highest BCUT2D eigenvalue weighted by molar-refractivity contribution is 7.89. The first-order valence-electron chi connectivity index (χ1n) is 4.62. The van der Waals surface area contributed by atoms with Crippen molar-refractivity contribution >= 4 is 15.8 Å². The van der Waals surface area contributed by atoms with Crippen LogP contribution < -0.4 is 10.5 Å². The van der Waals surface area contributed by atoms with Crippen molar-refractivity contribution in [2.24, 2.45) is 7.05 Å². The predicted octanol–water partition coefficient (Wildman–Crippen LogP) is -0.948. The molecule has 1 aromatic rings. The minimum absolute atomic E-state index is 0.0660. The van der Waals surface area contributed by atoms with E-state index in [0.29, 0.717) is 0 Å². The van der Waals surface area contributed by atoms with E-state index in [2.05, 4.69) is 9.82 Å². The van der Waals surface area contributed by atoms with E-state index in [1.807, 2.05) is 0 Å². The number of aromatic nitrogens is 2. The number of nitrogens with one attached hydrogen (secondary N) is 1. The molecule has 0 bridgehead atoms. The van der Waals surface area contributed by atoms with E-state index in [1.165, 1.54) is 10.9 Å². The third kappa shape index (κ3) is 2.71. The van der Waals surface area contributed by atoms with Gasteiger partial charge in [0.25, 0.3) is 0 Å². The Hall–Kier alpha value is -1.12. The van der Waals surface area contributed by atoms with E-state index in [0.717, 1.165) is 0 Å². The Morgan fingerprint density at radius 2 is 2.19 bits per heavy atom. The molecule has 0 unspecified atom stereocenters. The smallest absolute Gasteiger partial charge is 0.246 e. The normalized spacial score (nSPS) is 13.0. The van der Waals surface area contributed by atoms with Crippen molar-refractivity contribution in [3.8, 4) is 0 Å². The molecule has 92 valence electrons. The molecule has 4 N–H and O–H groups in total. The molecule has 0 spiro atoms. The van der Waals surface area contributed by atoms with Crippen LogP contribution in [0.25, 0.3) is 0 Å². The minimum Gasteiger partial charge on any atom is -0.394 e. The van der Waals surface area contributed by atoms with Gasteiger partial charge in [-0.3, -0.25) is 4.68 Å². The highest BCUT2D eigenvalue weighted by atomic mass is 32.2. The number of nitrogens with two attached hydrogens (primary N) is 1. The van der Waals surface area contributed by atoms with Gasteiger partial charge in [0.15, 0.2) is 5.82 Å². The average Bonchev–Trinajstić information content (AvgIpc) is 2.44. The maximum Gasteiger partial charge on any atom is 0.246 e. The van der Waals surface area contributed by atoms with Gasteiger partial charge < -0.3 is 10.8 Å². The quantitative estimate of drug-likeness (QED) is 0.636. The summed E-state index contributed by atoms with van der Waals surface area (Å²) in [6.45, 7) is 2.82. The Labute approximate surface area is 94.3 Å². The Kier molecular flexibility index (Phi) is 3.27. The van der Waals surface area contributed by atoms with Gasteiger partial charge in [0.1, 0.15) is 4.90 Å². The second-order valence-corrected chi connectivity index (χ2v) is 5.85. The largest absolute Gasteiger partial charge is 0.394 e. The summed E-state index contributed by atoms with van der Waals surface area (Å²) in [5.74, 6) is -0.0660. The van der Waals surface area contributed by atoms with E-state index in [4.69, 9.17) is 10.8 Å². The second-order valence-electron chi connectivity index (χ2n) is 4.20. The molecule has 0 fully saturated rings. The number of anilines is 1. The summed E-state index contributed by atoms with van der Waals surface area (Å²) in [4.78, 5) is -0.0866. The third-order valence-corrected chi connectivity index (χ3v) is 3.63. The molecule has 16 heavy (non-hydrogen) atoms. The van der Waals surface area contributed by atoms with E-state index >= 15 is 0 Å². The zero-order valence-electron chi connectivity index (χ0n) is 9.43. The topological polar surface area (TPSA) is 110 Å². The minimum atomic E-state index is -3.76. The predicted molar refractivity (Wildman–Crippen MR) is 59.1 cm³/mol. The molecule has 8 heteroatoms. The third-order valence-electron chi connectivity index (χ3n) is 1.92. The lowest BCUT2D eigenvalue weighted by Crippen LogP contribution is -2.46. The number of sulfonamides is 1. The highest BCUT2D eigenvalue weighted by Crippen LogP contribution is 2.17. The van der Waals surface area contributed by atoms with Crippen LogP contribution in [0.15, 0.2) is 11.1 Å². The lowest BCUT2D eigenvalue weighted by Gasteiger charge is -2.22. The Balaban J connectivity index is 3.09. The summed E-state index contributed by atoms with van der Waals surface area (Å²) in [6.07, 6.45) is 1.31. The molecule has 1 rings (SSSR count). The summed E-state index contributed by atoms with van der Waals surface area (Å²) >= 11 is 0. The standard InChI is InChI=1S/C8H16N4O3S/c1-8(2,5-13)11-16(14,15)6-4-12(3)10-7(6)9/h4,11,13H,5H2,1-3H3,(H2,9,10). The number of hydrogen-bond donors (Lipinski definition) is 3. The van der Waals surface area contributed by atoms with Crippen LogP contribution in [0.4, 0.5) is 5.82 Å². The van der Waals surface area contributed by atoms with Gasteiger partial charge in [-0.2, -0.15) is 5.10 Å². The first-order valence-corrected chi connectivity index (χ1v) is 6.10. The SMILES string of the molecule is Cn1cc(S(=O)(=O)NC(C)(C)CO)c(N)n1. The Morgan fingerprint density at radius 3 is 2.56 bits per heavy atom. The number of aliphatic hydroxyl groups is 1. The van der Waals surface area contributed by atoms with Crippen molar-refractivity contribution in [2.75, 3.05) is 12.3 Å². The van der Waals surface area contributed by atoms with Crippen LogP contribution in [0.2, 0.25) is 0 Å². The molecule has 0 aliphatic rings. The molecular formula is C8H16N4O3S. The van der Waals surface area contributed by atoms with Crippen molar-refractivity contribution in [2.45, 2.75) is 24.3 Å². The van der Waals surface area contributed by atoms with E-state index in [9.17, 15) is 8.42 Å². The molecule has 7 nitrogen and oxygen atoms in total. The van der Waals surface area contributed by atoms with Crippen molar-refractivity contribution < 1.29 is 13.5 Å². The van der Waals surface area contributed by atoms with Crippen LogP contribution >= 0.6 is 0 Å². The Bertz CT molecular complexity index is 477. The van der Waals surface area contributed by atoms with E-state index in [-0.39, 0.29) is 17.3 Å². The fourth-order valence-electron chi connectivity index (χ4n) is 1.14. The van der Waals surface area contributed by atoms with Crippen molar-refractivity contribution in [1.29, 1.82) is 0 Å². The number of aliphatic hydroxyl groups excluding tert-OH is 1. The van der Waals surface area contributed by atoms with Gasteiger partial charge in [-0.25, -0.2) is 13.1 Å². The van der Waals surface area contributed by atoms with Crippen molar-refractivity contribution in [1.82, 2.24) is 14.5 Å². The first-order chi connectivity index (χ1) is 7.18. The monoisotopic (exact) mass is 248 g/mol. The molecule has 0 aliphatic heterocycles. The summed E-state index contributed by atoms with van der Waals surface area (Å²) in [6, 6.07) is 0. The Morgan fingerprint density at radius 1 is 1.62 bits per heavy atom. The zero-order valence-corrected chi connectivity index (χ0v) is 10.2. The van der Waals surface area contributed by atoms with Crippen LogP contribution in [-0.4, -0.2) is 35.5 Å². The second kappa shape index (κ2) is 4.04. The van der Waals surface area contributed by atoms with E-state index in [1.54, 1.807) is 20.9 Å². The molecule has 0 saturated heterocycles. The lowest BCUT2D eigenvalue weighted by molar-refractivity contribution is 0.208. The van der Waals surface area contributed by atoms with Crippen LogP contribution in [0.1, 0.15) is 13.8 Å². The molecule has 1 aromatic heterocycles. The van der Waals surface area contributed by atoms with Crippen LogP contribution in [0, 0.1) is 0 Å². The molecule has 0 aromatic carbocycles. The van der Waals surface area contributed by atoms with Crippen LogP contribution in [0.3, 0.4) is 0 Å². The maximum absolute atomic E-state index is 11.9. The summed E-state index contributed by atoms with van der Waals surface area (Å²) in [7, 11) is -2.18. The summed E-state index contributed by atoms with van der Waals surface area (Å²) in [5.41, 5.74) is 4.53. The molecule has 0 atom stereocenters. The van der Waals surface area contributed by atoms with Gasteiger partial charge in [0.05, 0.1) is 12.1 Å². The maximum atomic E-state index is 11.9. The summed E-state index contributed by atoms with van der Waals surface area (Å²) < 4.78 is 27.4. The number of rotatable bonds is 4. The number of nitrogen functional groups attached to an aromatic ring is 1. The van der Waals surface area contributed by atoms with Crippen molar-refractivity contribution in [3.05, 3.63) is 6.20 Å². The lowest BCUT2D eigenvalue weighted by atomic mass is 10.1. The van der Waals surface area contributed by atoms with Crippen molar-refractivity contribution in [3.63, 3.8) is 0 Å². The molecule has 0 radical (unpaired) electrons. The number of aryl methyl sites for hydroxylation is 1. The van der Waals surface area contributed by atoms with Gasteiger partial charge in [-0.05, 0) is 13.8 Å². The molecule has 0 aliphatic carbocycles. The van der Waals surface area contributed by atoms with Gasteiger partial charge in [-0.15, -0.1) is 0 Å². The number of nitrogens with zero attached hydrogens (tertiary/aromatic N) is 2. The highest BCUT2D eigenvalue weighted by Gasteiger charge is 2.28. The fourth-order valence-corrected chi connectivity index (χ4v) is 2.65. The average molecular weight is 248 g/mol. The molecule has 0 saturated carbocycles.